The molecule has 0 radical (unpaired) electrons. The van der Waals surface area contributed by atoms with E-state index in [0.29, 0.717) is 0 Å². The van der Waals surface area contributed by atoms with E-state index in [0.717, 1.165) is 36.9 Å². The van der Waals surface area contributed by atoms with Crippen molar-refractivity contribution in [3.63, 3.8) is 0 Å². The maximum Gasteiger partial charge on any atom is 0.239 e. The number of rotatable bonds is 4. The zero-order valence-corrected chi connectivity index (χ0v) is 13.7. The number of nitrogens with one attached hydrogen (secondary N) is 1. The number of hydrogen-bond donors (Lipinski definition) is 1. The number of halogens is 1. The van der Waals surface area contributed by atoms with Crippen LogP contribution in [0.5, 0.6) is 0 Å². The Hall–Kier alpha value is -0.390. The third kappa shape index (κ3) is 4.58. The minimum atomic E-state index is -0.0982. The first-order valence-corrected chi connectivity index (χ1v) is 8.59. The van der Waals surface area contributed by atoms with E-state index in [1.54, 1.807) is 11.3 Å². The molecular formula is C14H21BrN2OS. The number of thiophene rings is 1. The van der Waals surface area contributed by atoms with Crippen LogP contribution in [0.25, 0.3) is 0 Å². The SMILES string of the molecule is CC(NCc1cc(Br)cs1)C(=O)N1CCCCCC1. The number of amides is 1. The van der Waals surface area contributed by atoms with Crippen LogP contribution in [0.3, 0.4) is 0 Å². The van der Waals surface area contributed by atoms with Gasteiger partial charge in [-0.15, -0.1) is 11.3 Å². The van der Waals surface area contributed by atoms with E-state index in [1.807, 2.05) is 11.8 Å². The van der Waals surface area contributed by atoms with Crippen LogP contribution in [0.2, 0.25) is 0 Å². The van der Waals surface area contributed by atoms with E-state index in [9.17, 15) is 4.79 Å². The first kappa shape index (κ1) is 15.0. The van der Waals surface area contributed by atoms with Crippen molar-refractivity contribution >= 4 is 33.2 Å². The summed E-state index contributed by atoms with van der Waals surface area (Å²) < 4.78 is 1.11. The normalized spacial score (nSPS) is 18.1. The zero-order chi connectivity index (χ0) is 13.7. The van der Waals surface area contributed by atoms with Gasteiger partial charge in [0.25, 0.3) is 0 Å². The summed E-state index contributed by atoms with van der Waals surface area (Å²) in [6, 6.07) is 2.00. The largest absolute Gasteiger partial charge is 0.341 e. The molecule has 0 saturated carbocycles. The Morgan fingerprint density at radius 1 is 1.42 bits per heavy atom. The highest BCUT2D eigenvalue weighted by molar-refractivity contribution is 9.10. The lowest BCUT2D eigenvalue weighted by molar-refractivity contribution is -0.133. The molecule has 1 aromatic rings. The van der Waals surface area contributed by atoms with E-state index in [-0.39, 0.29) is 11.9 Å². The molecule has 1 aliphatic rings. The van der Waals surface area contributed by atoms with Crippen molar-refractivity contribution in [3.8, 4) is 0 Å². The average molecular weight is 345 g/mol. The van der Waals surface area contributed by atoms with Crippen molar-refractivity contribution in [1.29, 1.82) is 0 Å². The molecule has 1 atom stereocenters. The molecule has 1 amide bonds. The highest BCUT2D eigenvalue weighted by Crippen LogP contribution is 2.19. The molecule has 3 nitrogen and oxygen atoms in total. The summed E-state index contributed by atoms with van der Waals surface area (Å²) in [6.45, 7) is 4.58. The number of likely N-dealkylation sites (tertiary alicyclic amines) is 1. The fraction of sp³-hybridized carbons (Fsp3) is 0.643. The van der Waals surface area contributed by atoms with Gasteiger partial charge >= 0.3 is 0 Å². The lowest BCUT2D eigenvalue weighted by Gasteiger charge is -2.24. The third-order valence-corrected chi connectivity index (χ3v) is 5.19. The molecule has 0 bridgehead atoms. The lowest BCUT2D eigenvalue weighted by Crippen LogP contribution is -2.44. The fourth-order valence-corrected chi connectivity index (χ4v) is 3.75. The predicted octanol–water partition coefficient (Wildman–Crippen LogP) is 3.39. The number of carbonyl (C=O) groups excluding carboxylic acids is 1. The fourth-order valence-electron chi connectivity index (χ4n) is 2.35. The first-order chi connectivity index (χ1) is 9.16. The summed E-state index contributed by atoms with van der Waals surface area (Å²) in [4.78, 5) is 15.6. The second kappa shape index (κ2) is 7.41. The van der Waals surface area contributed by atoms with Gasteiger partial charge in [0.1, 0.15) is 0 Å². The van der Waals surface area contributed by atoms with Crippen LogP contribution in [-0.2, 0) is 11.3 Å². The first-order valence-electron chi connectivity index (χ1n) is 6.92. The Bertz CT molecular complexity index is 413. The van der Waals surface area contributed by atoms with Crippen LogP contribution >= 0.6 is 27.3 Å². The summed E-state index contributed by atoms with van der Waals surface area (Å²) >= 11 is 5.15. The summed E-state index contributed by atoms with van der Waals surface area (Å²) in [5.74, 6) is 0.248. The second-order valence-corrected chi connectivity index (χ2v) is 6.98. The molecule has 1 N–H and O–H groups in total. The Morgan fingerprint density at radius 3 is 2.68 bits per heavy atom. The molecular weight excluding hydrogens is 324 g/mol. The molecule has 0 aromatic carbocycles. The number of hydrogen-bond acceptors (Lipinski definition) is 3. The van der Waals surface area contributed by atoms with Gasteiger partial charge in [-0.25, -0.2) is 0 Å². The van der Waals surface area contributed by atoms with Crippen LogP contribution in [0, 0.1) is 0 Å². The molecule has 1 saturated heterocycles. The van der Waals surface area contributed by atoms with Gasteiger partial charge in [-0.3, -0.25) is 4.79 Å². The molecule has 1 unspecified atom stereocenters. The van der Waals surface area contributed by atoms with Gasteiger partial charge in [-0.2, -0.15) is 0 Å². The molecule has 5 heteroatoms. The Morgan fingerprint density at radius 2 is 2.11 bits per heavy atom. The highest BCUT2D eigenvalue weighted by atomic mass is 79.9. The van der Waals surface area contributed by atoms with Crippen molar-refractivity contribution in [3.05, 3.63) is 20.8 Å². The van der Waals surface area contributed by atoms with Crippen LogP contribution in [-0.4, -0.2) is 29.9 Å². The molecule has 2 rings (SSSR count). The van der Waals surface area contributed by atoms with Crippen molar-refractivity contribution in [1.82, 2.24) is 10.2 Å². The molecule has 0 spiro atoms. The van der Waals surface area contributed by atoms with Crippen LogP contribution in [0.15, 0.2) is 15.9 Å². The minimum Gasteiger partial charge on any atom is -0.341 e. The van der Waals surface area contributed by atoms with Gasteiger partial charge in [0.2, 0.25) is 5.91 Å². The van der Waals surface area contributed by atoms with Crippen molar-refractivity contribution in [2.45, 2.75) is 45.2 Å². The minimum absolute atomic E-state index is 0.0982. The molecule has 2 heterocycles. The van der Waals surface area contributed by atoms with Gasteiger partial charge in [-0.1, -0.05) is 12.8 Å². The Labute approximate surface area is 127 Å². The standard InChI is InChI=1S/C14H21BrN2OS/c1-11(16-9-13-8-12(15)10-19-13)14(18)17-6-4-2-3-5-7-17/h8,10-11,16H,2-7,9H2,1H3. The summed E-state index contributed by atoms with van der Waals surface area (Å²) in [7, 11) is 0. The van der Waals surface area contributed by atoms with Gasteiger partial charge in [0.15, 0.2) is 0 Å². The van der Waals surface area contributed by atoms with Gasteiger partial charge in [0, 0.05) is 34.4 Å². The van der Waals surface area contributed by atoms with Crippen LogP contribution in [0.4, 0.5) is 0 Å². The van der Waals surface area contributed by atoms with E-state index in [2.05, 4.69) is 32.7 Å². The maximum atomic E-state index is 12.3. The van der Waals surface area contributed by atoms with Gasteiger partial charge in [0.05, 0.1) is 6.04 Å². The number of nitrogens with zero attached hydrogens (tertiary/aromatic N) is 1. The van der Waals surface area contributed by atoms with Crippen LogP contribution < -0.4 is 5.32 Å². The molecule has 0 aliphatic carbocycles. The lowest BCUT2D eigenvalue weighted by atomic mass is 10.2. The summed E-state index contributed by atoms with van der Waals surface area (Å²) in [5.41, 5.74) is 0. The monoisotopic (exact) mass is 344 g/mol. The van der Waals surface area contributed by atoms with Crippen LogP contribution in [0.1, 0.15) is 37.5 Å². The number of carbonyl (C=O) groups is 1. The van der Waals surface area contributed by atoms with E-state index in [1.165, 1.54) is 17.7 Å². The second-order valence-electron chi connectivity index (χ2n) is 5.07. The molecule has 106 valence electrons. The van der Waals surface area contributed by atoms with Crippen molar-refractivity contribution < 1.29 is 4.79 Å². The molecule has 1 aromatic heterocycles. The predicted molar refractivity (Wildman–Crippen MR) is 83.4 cm³/mol. The van der Waals surface area contributed by atoms with E-state index in [4.69, 9.17) is 0 Å². The molecule has 19 heavy (non-hydrogen) atoms. The molecule has 1 aliphatic heterocycles. The Balaban J connectivity index is 1.81. The van der Waals surface area contributed by atoms with Gasteiger partial charge in [-0.05, 0) is 41.8 Å². The Kier molecular flexibility index (Phi) is 5.85. The maximum absolute atomic E-state index is 12.3. The van der Waals surface area contributed by atoms with Crippen molar-refractivity contribution in [2.24, 2.45) is 0 Å². The average Bonchev–Trinajstić information content (AvgIpc) is 2.67. The third-order valence-electron chi connectivity index (χ3n) is 3.49. The van der Waals surface area contributed by atoms with E-state index >= 15 is 0 Å². The zero-order valence-electron chi connectivity index (χ0n) is 11.3. The summed E-state index contributed by atoms with van der Waals surface area (Å²) in [6.07, 6.45) is 4.82. The summed E-state index contributed by atoms with van der Waals surface area (Å²) in [5, 5.41) is 5.40. The molecule has 1 fully saturated rings. The smallest absolute Gasteiger partial charge is 0.239 e. The van der Waals surface area contributed by atoms with Crippen molar-refractivity contribution in [2.75, 3.05) is 13.1 Å². The van der Waals surface area contributed by atoms with E-state index < -0.39 is 0 Å². The van der Waals surface area contributed by atoms with Gasteiger partial charge < -0.3 is 10.2 Å². The topological polar surface area (TPSA) is 32.3 Å². The highest BCUT2D eigenvalue weighted by Gasteiger charge is 2.20. The quantitative estimate of drug-likeness (QED) is 0.907.